The summed E-state index contributed by atoms with van der Waals surface area (Å²) in [7, 11) is 0. The second kappa shape index (κ2) is 6.94. The molecule has 0 radical (unpaired) electrons. The maximum Gasteiger partial charge on any atom is 0.260 e. The van der Waals surface area contributed by atoms with Crippen LogP contribution in [0.2, 0.25) is 0 Å². The van der Waals surface area contributed by atoms with Gasteiger partial charge < -0.3 is 10.1 Å². The summed E-state index contributed by atoms with van der Waals surface area (Å²) in [5, 5.41) is 2.85. The van der Waals surface area contributed by atoms with Crippen LogP contribution < -0.4 is 10.1 Å². The summed E-state index contributed by atoms with van der Waals surface area (Å²) < 4.78 is 5.58. The number of carbonyl (C=O) groups is 1. The van der Waals surface area contributed by atoms with Crippen molar-refractivity contribution in [1.82, 2.24) is 5.32 Å². The molecule has 0 unspecified atom stereocenters. The fourth-order valence-corrected chi connectivity index (χ4v) is 1.48. The molecule has 0 aliphatic carbocycles. The molecule has 1 rings (SSSR count). The van der Waals surface area contributed by atoms with Crippen molar-refractivity contribution in [2.75, 3.05) is 6.54 Å². The van der Waals surface area contributed by atoms with Crippen molar-refractivity contribution in [3.8, 4) is 5.75 Å². The third kappa shape index (κ3) is 4.89. The Bertz CT molecular complexity index is 363. The summed E-state index contributed by atoms with van der Waals surface area (Å²) in [6, 6.07) is 7.71. The first-order valence-corrected chi connectivity index (χ1v) is 6.14. The van der Waals surface area contributed by atoms with Gasteiger partial charge in [0.2, 0.25) is 0 Å². The molecule has 0 aliphatic heterocycles. The van der Waals surface area contributed by atoms with Crippen LogP contribution in [0.4, 0.5) is 0 Å². The highest BCUT2D eigenvalue weighted by atomic mass is 16.5. The van der Waals surface area contributed by atoms with Gasteiger partial charge in [-0.1, -0.05) is 25.5 Å². The zero-order valence-electron chi connectivity index (χ0n) is 10.8. The monoisotopic (exact) mass is 235 g/mol. The molecule has 1 atom stereocenters. The topological polar surface area (TPSA) is 38.3 Å². The van der Waals surface area contributed by atoms with Gasteiger partial charge in [0.05, 0.1) is 0 Å². The van der Waals surface area contributed by atoms with Crippen molar-refractivity contribution in [3.63, 3.8) is 0 Å². The molecule has 0 fully saturated rings. The molecule has 0 saturated heterocycles. The Morgan fingerprint density at radius 3 is 2.88 bits per heavy atom. The molecule has 1 N–H and O–H groups in total. The average molecular weight is 235 g/mol. The Morgan fingerprint density at radius 1 is 1.47 bits per heavy atom. The van der Waals surface area contributed by atoms with E-state index >= 15 is 0 Å². The fraction of sp³-hybridized carbons (Fsp3) is 0.500. The summed E-state index contributed by atoms with van der Waals surface area (Å²) in [6.45, 7) is 6.58. The smallest absolute Gasteiger partial charge is 0.260 e. The number of benzene rings is 1. The number of aryl methyl sites for hydroxylation is 1. The lowest BCUT2D eigenvalue weighted by molar-refractivity contribution is -0.127. The maximum absolute atomic E-state index is 11.7. The van der Waals surface area contributed by atoms with Gasteiger partial charge in [-0.05, 0) is 38.0 Å². The van der Waals surface area contributed by atoms with E-state index in [2.05, 4.69) is 12.2 Å². The lowest BCUT2D eigenvalue weighted by Crippen LogP contribution is -2.36. The molecular weight excluding hydrogens is 214 g/mol. The quantitative estimate of drug-likeness (QED) is 0.770. The van der Waals surface area contributed by atoms with Gasteiger partial charge in [-0.25, -0.2) is 0 Å². The standard InChI is InChI=1S/C14H21NO2/c1-4-5-9-15-14(16)12(3)17-13-8-6-7-11(2)10-13/h6-8,10,12H,4-5,9H2,1-3H3,(H,15,16)/t12-/m0/s1. The molecule has 1 amide bonds. The number of rotatable bonds is 6. The highest BCUT2D eigenvalue weighted by Crippen LogP contribution is 2.14. The van der Waals surface area contributed by atoms with Crippen LogP contribution in [0.15, 0.2) is 24.3 Å². The van der Waals surface area contributed by atoms with Gasteiger partial charge in [0.15, 0.2) is 6.10 Å². The Balaban J connectivity index is 2.43. The third-order valence-electron chi connectivity index (χ3n) is 2.50. The van der Waals surface area contributed by atoms with Crippen LogP contribution in [0.25, 0.3) is 0 Å². The number of nitrogens with one attached hydrogen (secondary N) is 1. The number of unbranched alkanes of at least 4 members (excludes halogenated alkanes) is 1. The van der Waals surface area contributed by atoms with Crippen LogP contribution >= 0.6 is 0 Å². The summed E-state index contributed by atoms with van der Waals surface area (Å²) in [5.41, 5.74) is 1.13. The van der Waals surface area contributed by atoms with E-state index in [0.717, 1.165) is 30.7 Å². The van der Waals surface area contributed by atoms with Crippen LogP contribution in [0.3, 0.4) is 0 Å². The minimum absolute atomic E-state index is 0.0556. The molecule has 0 aliphatic rings. The predicted molar refractivity (Wildman–Crippen MR) is 69.2 cm³/mol. The number of ether oxygens (including phenoxy) is 1. The van der Waals surface area contributed by atoms with Crippen LogP contribution in [0.1, 0.15) is 32.3 Å². The third-order valence-corrected chi connectivity index (χ3v) is 2.50. The molecule has 0 spiro atoms. The molecule has 3 nitrogen and oxygen atoms in total. The van der Waals surface area contributed by atoms with Crippen molar-refractivity contribution in [2.45, 2.75) is 39.7 Å². The predicted octanol–water partition coefficient (Wildman–Crippen LogP) is 2.68. The van der Waals surface area contributed by atoms with Gasteiger partial charge >= 0.3 is 0 Å². The summed E-state index contributed by atoms with van der Waals surface area (Å²) >= 11 is 0. The van der Waals surface area contributed by atoms with Crippen LogP contribution in [0, 0.1) is 6.92 Å². The van der Waals surface area contributed by atoms with Crippen molar-refractivity contribution >= 4 is 5.91 Å². The van der Waals surface area contributed by atoms with Gasteiger partial charge in [-0.2, -0.15) is 0 Å². The Labute approximate surface area is 103 Å². The molecule has 0 heterocycles. The number of carbonyl (C=O) groups excluding carboxylic acids is 1. The highest BCUT2D eigenvalue weighted by molar-refractivity contribution is 5.80. The minimum atomic E-state index is -0.450. The molecule has 94 valence electrons. The van der Waals surface area contributed by atoms with E-state index in [-0.39, 0.29) is 5.91 Å². The molecular formula is C14H21NO2. The van der Waals surface area contributed by atoms with Crippen LogP contribution in [-0.2, 0) is 4.79 Å². The van der Waals surface area contributed by atoms with Gasteiger partial charge in [-0.3, -0.25) is 4.79 Å². The zero-order chi connectivity index (χ0) is 12.7. The van der Waals surface area contributed by atoms with Crippen LogP contribution in [-0.4, -0.2) is 18.6 Å². The average Bonchev–Trinajstić information content (AvgIpc) is 2.29. The normalized spacial score (nSPS) is 11.9. The molecule has 1 aromatic carbocycles. The number of hydrogen-bond donors (Lipinski definition) is 1. The van der Waals surface area contributed by atoms with Crippen molar-refractivity contribution < 1.29 is 9.53 Å². The van der Waals surface area contributed by atoms with Gasteiger partial charge in [0, 0.05) is 6.54 Å². The van der Waals surface area contributed by atoms with E-state index in [1.54, 1.807) is 6.92 Å². The van der Waals surface area contributed by atoms with E-state index < -0.39 is 6.10 Å². The second-order valence-corrected chi connectivity index (χ2v) is 4.22. The summed E-state index contributed by atoms with van der Waals surface area (Å²) in [4.78, 5) is 11.7. The molecule has 0 saturated carbocycles. The molecule has 0 aromatic heterocycles. The van der Waals surface area contributed by atoms with Crippen LogP contribution in [0.5, 0.6) is 5.75 Å². The van der Waals surface area contributed by atoms with Gasteiger partial charge in [0.25, 0.3) is 5.91 Å². The van der Waals surface area contributed by atoms with E-state index in [4.69, 9.17) is 4.74 Å². The van der Waals surface area contributed by atoms with E-state index in [1.165, 1.54) is 0 Å². The lowest BCUT2D eigenvalue weighted by atomic mass is 10.2. The largest absolute Gasteiger partial charge is 0.481 e. The zero-order valence-corrected chi connectivity index (χ0v) is 10.8. The maximum atomic E-state index is 11.7. The second-order valence-electron chi connectivity index (χ2n) is 4.22. The first-order valence-electron chi connectivity index (χ1n) is 6.14. The Kier molecular flexibility index (Phi) is 5.53. The Morgan fingerprint density at radius 2 is 2.24 bits per heavy atom. The first kappa shape index (κ1) is 13.6. The number of amides is 1. The SMILES string of the molecule is CCCCNC(=O)[C@H](C)Oc1cccc(C)c1. The highest BCUT2D eigenvalue weighted by Gasteiger charge is 2.13. The van der Waals surface area contributed by atoms with E-state index in [0.29, 0.717) is 0 Å². The molecule has 17 heavy (non-hydrogen) atoms. The molecule has 3 heteroatoms. The minimum Gasteiger partial charge on any atom is -0.481 e. The molecule has 0 bridgehead atoms. The van der Waals surface area contributed by atoms with Crippen molar-refractivity contribution in [2.24, 2.45) is 0 Å². The number of hydrogen-bond acceptors (Lipinski definition) is 2. The van der Waals surface area contributed by atoms with Crippen molar-refractivity contribution in [1.29, 1.82) is 0 Å². The van der Waals surface area contributed by atoms with Gasteiger partial charge in [-0.15, -0.1) is 0 Å². The Hall–Kier alpha value is -1.51. The summed E-state index contributed by atoms with van der Waals surface area (Å²) in [6.07, 6.45) is 1.63. The molecule has 1 aromatic rings. The lowest BCUT2D eigenvalue weighted by Gasteiger charge is -2.14. The van der Waals surface area contributed by atoms with Gasteiger partial charge in [0.1, 0.15) is 5.75 Å². The fourth-order valence-electron chi connectivity index (χ4n) is 1.48. The summed E-state index contributed by atoms with van der Waals surface area (Å²) in [5.74, 6) is 0.683. The first-order chi connectivity index (χ1) is 8.13. The van der Waals surface area contributed by atoms with Crippen molar-refractivity contribution in [3.05, 3.63) is 29.8 Å². The van der Waals surface area contributed by atoms with E-state index in [9.17, 15) is 4.79 Å². The van der Waals surface area contributed by atoms with E-state index in [1.807, 2.05) is 31.2 Å².